The molecule has 112 valence electrons. The number of rotatable bonds is 6. The third-order valence-corrected chi connectivity index (χ3v) is 3.90. The highest BCUT2D eigenvalue weighted by Crippen LogP contribution is 2.26. The average Bonchev–Trinajstić information content (AvgIpc) is 2.91. The molecule has 0 fully saturated rings. The molecule has 21 heavy (non-hydrogen) atoms. The number of nitrogens with one attached hydrogen (secondary N) is 1. The number of para-hydroxylation sites is 2. The Balaban J connectivity index is 1.89. The third-order valence-electron chi connectivity index (χ3n) is 2.68. The molecule has 2 aromatic rings. The minimum atomic E-state index is -0.252. The van der Waals surface area contributed by atoms with Crippen LogP contribution in [0.15, 0.2) is 29.8 Å². The SMILES string of the molecule is COc1ccccc1OC(C)CNC(=O)c1scnc1Cl. The number of carbonyl (C=O) groups is 1. The van der Waals surface area contributed by atoms with E-state index in [0.717, 1.165) is 0 Å². The largest absolute Gasteiger partial charge is 0.493 e. The van der Waals surface area contributed by atoms with Crippen molar-refractivity contribution in [2.45, 2.75) is 13.0 Å². The Morgan fingerprint density at radius 2 is 2.14 bits per heavy atom. The molecule has 1 heterocycles. The topological polar surface area (TPSA) is 60.5 Å². The number of aromatic nitrogens is 1. The van der Waals surface area contributed by atoms with Gasteiger partial charge in [-0.3, -0.25) is 4.79 Å². The highest BCUT2D eigenvalue weighted by Gasteiger charge is 2.15. The molecule has 1 amide bonds. The van der Waals surface area contributed by atoms with Crippen molar-refractivity contribution in [1.82, 2.24) is 10.3 Å². The Kier molecular flexibility index (Phi) is 5.41. The Morgan fingerprint density at radius 3 is 2.76 bits per heavy atom. The standard InChI is InChI=1S/C14H15ClN2O3S/c1-9(20-11-6-4-3-5-10(11)19-2)7-16-14(18)12-13(15)17-8-21-12/h3-6,8-9H,7H2,1-2H3,(H,16,18). The minimum absolute atomic E-state index is 0.211. The van der Waals surface area contributed by atoms with E-state index < -0.39 is 0 Å². The van der Waals surface area contributed by atoms with E-state index in [1.54, 1.807) is 7.11 Å². The summed E-state index contributed by atoms with van der Waals surface area (Å²) in [5.41, 5.74) is 1.53. The number of nitrogens with zero attached hydrogens (tertiary/aromatic N) is 1. The van der Waals surface area contributed by atoms with E-state index in [0.29, 0.717) is 22.9 Å². The molecular weight excluding hydrogens is 312 g/mol. The van der Waals surface area contributed by atoms with Crippen molar-refractivity contribution in [2.24, 2.45) is 0 Å². The second-order valence-electron chi connectivity index (χ2n) is 4.26. The van der Waals surface area contributed by atoms with E-state index in [2.05, 4.69) is 10.3 Å². The fourth-order valence-corrected chi connectivity index (χ4v) is 2.59. The van der Waals surface area contributed by atoms with Gasteiger partial charge in [-0.1, -0.05) is 23.7 Å². The smallest absolute Gasteiger partial charge is 0.264 e. The Bertz CT molecular complexity index is 618. The molecule has 7 heteroatoms. The second kappa shape index (κ2) is 7.28. The van der Waals surface area contributed by atoms with E-state index in [4.69, 9.17) is 21.1 Å². The molecular formula is C14H15ClN2O3S. The molecule has 0 radical (unpaired) electrons. The van der Waals surface area contributed by atoms with Gasteiger partial charge in [-0.25, -0.2) is 4.98 Å². The van der Waals surface area contributed by atoms with Crippen LogP contribution in [0.2, 0.25) is 5.15 Å². The summed E-state index contributed by atoms with van der Waals surface area (Å²) in [6, 6.07) is 7.36. The van der Waals surface area contributed by atoms with Gasteiger partial charge in [-0.2, -0.15) is 0 Å². The van der Waals surface area contributed by atoms with Gasteiger partial charge in [0.2, 0.25) is 0 Å². The van der Waals surface area contributed by atoms with Crippen LogP contribution in [-0.4, -0.2) is 30.6 Å². The van der Waals surface area contributed by atoms with Gasteiger partial charge in [0.25, 0.3) is 5.91 Å². The lowest BCUT2D eigenvalue weighted by molar-refractivity contribution is 0.0935. The van der Waals surface area contributed by atoms with Crippen LogP contribution in [0.3, 0.4) is 0 Å². The zero-order valence-corrected chi connectivity index (χ0v) is 13.2. The van der Waals surface area contributed by atoms with Gasteiger partial charge in [0, 0.05) is 0 Å². The summed E-state index contributed by atoms with van der Waals surface area (Å²) in [5.74, 6) is 1.04. The summed E-state index contributed by atoms with van der Waals surface area (Å²) in [6.45, 7) is 2.21. The number of thiazole rings is 1. The maximum Gasteiger partial charge on any atom is 0.264 e. The van der Waals surface area contributed by atoms with Gasteiger partial charge in [0.1, 0.15) is 11.0 Å². The molecule has 1 aromatic carbocycles. The van der Waals surface area contributed by atoms with Gasteiger partial charge in [-0.05, 0) is 19.1 Å². The van der Waals surface area contributed by atoms with Crippen molar-refractivity contribution in [3.63, 3.8) is 0 Å². The average molecular weight is 327 g/mol. The molecule has 5 nitrogen and oxygen atoms in total. The van der Waals surface area contributed by atoms with Gasteiger partial charge in [0.05, 0.1) is 19.2 Å². The molecule has 0 aliphatic heterocycles. The van der Waals surface area contributed by atoms with E-state index in [1.165, 1.54) is 16.8 Å². The summed E-state index contributed by atoms with van der Waals surface area (Å²) in [6.07, 6.45) is -0.211. The summed E-state index contributed by atoms with van der Waals surface area (Å²) in [7, 11) is 1.58. The van der Waals surface area contributed by atoms with Gasteiger partial charge >= 0.3 is 0 Å². The van der Waals surface area contributed by atoms with Crippen molar-refractivity contribution in [1.29, 1.82) is 0 Å². The highest BCUT2D eigenvalue weighted by atomic mass is 35.5. The fourth-order valence-electron chi connectivity index (χ4n) is 1.67. The number of benzene rings is 1. The monoisotopic (exact) mass is 326 g/mol. The van der Waals surface area contributed by atoms with Crippen molar-refractivity contribution in [3.8, 4) is 11.5 Å². The number of hydrogen-bond donors (Lipinski definition) is 1. The molecule has 0 aliphatic carbocycles. The Labute approximate surface area is 131 Å². The van der Waals surface area contributed by atoms with Crippen LogP contribution in [0, 0.1) is 0 Å². The number of halogens is 1. The maximum absolute atomic E-state index is 11.9. The molecule has 1 N–H and O–H groups in total. The quantitative estimate of drug-likeness (QED) is 0.886. The first kappa shape index (κ1) is 15.6. The first-order valence-electron chi connectivity index (χ1n) is 6.28. The van der Waals surface area contributed by atoms with Crippen molar-refractivity contribution in [3.05, 3.63) is 39.8 Å². The van der Waals surface area contributed by atoms with E-state index in [-0.39, 0.29) is 17.2 Å². The zero-order valence-electron chi connectivity index (χ0n) is 11.6. The highest BCUT2D eigenvalue weighted by molar-refractivity contribution is 7.12. The molecule has 2 rings (SSSR count). The number of methoxy groups -OCH3 is 1. The van der Waals surface area contributed by atoms with Crippen LogP contribution in [0.5, 0.6) is 11.5 Å². The molecule has 1 atom stereocenters. The van der Waals surface area contributed by atoms with Crippen LogP contribution in [0.1, 0.15) is 16.6 Å². The molecule has 0 bridgehead atoms. The minimum Gasteiger partial charge on any atom is -0.493 e. The van der Waals surface area contributed by atoms with E-state index in [9.17, 15) is 4.79 Å². The normalized spacial score (nSPS) is 11.8. The predicted molar refractivity (Wildman–Crippen MR) is 82.5 cm³/mol. The maximum atomic E-state index is 11.9. The number of carbonyl (C=O) groups excluding carboxylic acids is 1. The van der Waals surface area contributed by atoms with Crippen molar-refractivity contribution < 1.29 is 14.3 Å². The van der Waals surface area contributed by atoms with Crippen molar-refractivity contribution >= 4 is 28.8 Å². The van der Waals surface area contributed by atoms with Gasteiger partial charge in [0.15, 0.2) is 16.7 Å². The number of amides is 1. The molecule has 1 unspecified atom stereocenters. The zero-order chi connectivity index (χ0) is 15.2. The first-order valence-corrected chi connectivity index (χ1v) is 7.54. The molecule has 0 saturated heterocycles. The fraction of sp³-hybridized carbons (Fsp3) is 0.286. The lowest BCUT2D eigenvalue weighted by Gasteiger charge is -2.17. The summed E-state index contributed by atoms with van der Waals surface area (Å²) in [5, 5.41) is 2.98. The van der Waals surface area contributed by atoms with Crippen LogP contribution < -0.4 is 14.8 Å². The molecule has 0 saturated carbocycles. The van der Waals surface area contributed by atoms with Crippen molar-refractivity contribution in [2.75, 3.05) is 13.7 Å². The van der Waals surface area contributed by atoms with Crippen LogP contribution in [0.25, 0.3) is 0 Å². The lowest BCUT2D eigenvalue weighted by atomic mass is 10.3. The van der Waals surface area contributed by atoms with E-state index >= 15 is 0 Å². The molecule has 0 spiro atoms. The van der Waals surface area contributed by atoms with E-state index in [1.807, 2.05) is 31.2 Å². The van der Waals surface area contributed by atoms with Crippen LogP contribution in [0.4, 0.5) is 0 Å². The lowest BCUT2D eigenvalue weighted by Crippen LogP contribution is -2.33. The second-order valence-corrected chi connectivity index (χ2v) is 5.47. The molecule has 1 aromatic heterocycles. The summed E-state index contributed by atoms with van der Waals surface area (Å²) in [4.78, 5) is 16.1. The Hall–Kier alpha value is -1.79. The summed E-state index contributed by atoms with van der Waals surface area (Å²) >= 11 is 7.01. The first-order chi connectivity index (χ1) is 10.1. The van der Waals surface area contributed by atoms with Gasteiger partial charge in [-0.15, -0.1) is 11.3 Å². The van der Waals surface area contributed by atoms with Gasteiger partial charge < -0.3 is 14.8 Å². The number of hydrogen-bond acceptors (Lipinski definition) is 5. The summed E-state index contributed by atoms with van der Waals surface area (Å²) < 4.78 is 11.0. The number of ether oxygens (including phenoxy) is 2. The van der Waals surface area contributed by atoms with Crippen LogP contribution in [-0.2, 0) is 0 Å². The predicted octanol–water partition coefficient (Wildman–Crippen LogP) is 3.00. The molecule has 0 aliphatic rings. The van der Waals surface area contributed by atoms with Crippen LogP contribution >= 0.6 is 22.9 Å². The third kappa shape index (κ3) is 4.09. The Morgan fingerprint density at radius 1 is 1.43 bits per heavy atom.